The topological polar surface area (TPSA) is 40.7 Å². The summed E-state index contributed by atoms with van der Waals surface area (Å²) in [6.07, 6.45) is 5.94. The smallest absolute Gasteiger partial charge is 0.124 e. The van der Waals surface area contributed by atoms with Crippen molar-refractivity contribution in [1.29, 1.82) is 0 Å². The maximum atomic E-state index is 4.37. The van der Waals surface area contributed by atoms with Gasteiger partial charge in [0, 0.05) is 6.04 Å². The van der Waals surface area contributed by atoms with Gasteiger partial charge in [-0.15, -0.1) is 0 Å². The molecule has 1 saturated heterocycles. The van der Waals surface area contributed by atoms with Gasteiger partial charge in [-0.2, -0.15) is 0 Å². The second-order valence-corrected chi connectivity index (χ2v) is 5.18. The fraction of sp³-hybridized carbons (Fsp3) is 0.667. The van der Waals surface area contributed by atoms with Crippen molar-refractivity contribution in [2.45, 2.75) is 31.3 Å². The molecule has 3 nitrogen and oxygen atoms in total. The highest BCUT2D eigenvalue weighted by molar-refractivity contribution is 14.1. The van der Waals surface area contributed by atoms with E-state index < -0.39 is 0 Å². The van der Waals surface area contributed by atoms with Gasteiger partial charge in [0.2, 0.25) is 0 Å². The van der Waals surface area contributed by atoms with Crippen LogP contribution < -0.4 is 5.32 Å². The molecule has 0 spiro atoms. The Morgan fingerprint density at radius 1 is 1.46 bits per heavy atom. The molecule has 0 aromatic carbocycles. The largest absolute Gasteiger partial charge is 0.336 e. The Morgan fingerprint density at radius 2 is 2.38 bits per heavy atom. The van der Waals surface area contributed by atoms with E-state index in [0.717, 1.165) is 21.5 Å². The van der Waals surface area contributed by atoms with E-state index in [1.54, 1.807) is 0 Å². The van der Waals surface area contributed by atoms with Crippen LogP contribution in [0, 0.1) is 9.62 Å². The van der Waals surface area contributed by atoms with E-state index in [2.05, 4.69) is 37.9 Å². The summed E-state index contributed by atoms with van der Waals surface area (Å²) in [6.45, 7) is 0. The molecule has 0 unspecified atom stereocenters. The Kier molecular flexibility index (Phi) is 1.87. The van der Waals surface area contributed by atoms with Gasteiger partial charge in [-0.25, -0.2) is 4.98 Å². The summed E-state index contributed by atoms with van der Waals surface area (Å²) in [6, 6.07) is 1.27. The Balaban J connectivity index is 1.79. The molecule has 2 fully saturated rings. The number of fused-ring (bicyclic) bond motifs is 1. The highest BCUT2D eigenvalue weighted by Gasteiger charge is 2.41. The number of hydrogen-bond donors (Lipinski definition) is 2. The number of nitrogens with one attached hydrogen (secondary N) is 2. The SMILES string of the molecule is Ic1cnc([C@@H]2C[C@H]3CC[C@H]3N2)[nH]1. The van der Waals surface area contributed by atoms with Gasteiger partial charge in [-0.1, -0.05) is 0 Å². The minimum atomic E-state index is 0.487. The zero-order valence-corrected chi connectivity index (χ0v) is 9.41. The van der Waals surface area contributed by atoms with E-state index in [-0.39, 0.29) is 0 Å². The second kappa shape index (κ2) is 2.95. The lowest BCUT2D eigenvalue weighted by Gasteiger charge is -2.29. The molecule has 0 bridgehead atoms. The lowest BCUT2D eigenvalue weighted by molar-refractivity contribution is 0.276. The molecular formula is C9H12IN3. The first-order chi connectivity index (χ1) is 6.33. The number of nitrogens with zero attached hydrogens (tertiary/aromatic N) is 1. The fourth-order valence-corrected chi connectivity index (χ4v) is 2.80. The minimum absolute atomic E-state index is 0.487. The van der Waals surface area contributed by atoms with Gasteiger partial charge in [0.15, 0.2) is 0 Å². The molecule has 0 radical (unpaired) electrons. The quantitative estimate of drug-likeness (QED) is 0.774. The van der Waals surface area contributed by atoms with Gasteiger partial charge >= 0.3 is 0 Å². The molecule has 4 heteroatoms. The van der Waals surface area contributed by atoms with Crippen LogP contribution >= 0.6 is 22.6 Å². The van der Waals surface area contributed by atoms with E-state index in [0.29, 0.717) is 6.04 Å². The first-order valence-electron chi connectivity index (χ1n) is 4.79. The van der Waals surface area contributed by atoms with Crippen LogP contribution in [0.2, 0.25) is 0 Å². The molecule has 3 atom stereocenters. The van der Waals surface area contributed by atoms with Crippen LogP contribution in [0.1, 0.15) is 31.1 Å². The highest BCUT2D eigenvalue weighted by Crippen LogP contribution is 2.41. The van der Waals surface area contributed by atoms with Gasteiger partial charge in [0.05, 0.1) is 15.9 Å². The van der Waals surface area contributed by atoms with Crippen molar-refractivity contribution in [3.05, 3.63) is 15.7 Å². The van der Waals surface area contributed by atoms with Gasteiger partial charge < -0.3 is 10.3 Å². The van der Waals surface area contributed by atoms with Gasteiger partial charge in [0.1, 0.15) is 5.82 Å². The summed E-state index contributed by atoms with van der Waals surface area (Å²) in [7, 11) is 0. The molecule has 2 N–H and O–H groups in total. The fourth-order valence-electron chi connectivity index (χ4n) is 2.38. The monoisotopic (exact) mass is 289 g/mol. The third kappa shape index (κ3) is 1.30. The van der Waals surface area contributed by atoms with Crippen LogP contribution in [0.3, 0.4) is 0 Å². The molecular weight excluding hydrogens is 277 g/mol. The van der Waals surface area contributed by atoms with E-state index >= 15 is 0 Å². The van der Waals surface area contributed by atoms with Crippen LogP contribution in [0.25, 0.3) is 0 Å². The number of aromatic nitrogens is 2. The summed E-state index contributed by atoms with van der Waals surface area (Å²) in [5.41, 5.74) is 0. The molecule has 2 heterocycles. The summed E-state index contributed by atoms with van der Waals surface area (Å²) >= 11 is 2.27. The van der Waals surface area contributed by atoms with Gasteiger partial charge in [-0.05, 0) is 47.8 Å². The van der Waals surface area contributed by atoms with Crippen LogP contribution in [0.5, 0.6) is 0 Å². The Morgan fingerprint density at radius 3 is 2.85 bits per heavy atom. The number of hydrogen-bond acceptors (Lipinski definition) is 2. The van der Waals surface area contributed by atoms with Crippen molar-refractivity contribution in [3.63, 3.8) is 0 Å². The summed E-state index contributed by atoms with van der Waals surface area (Å²) < 4.78 is 1.13. The standard InChI is InChI=1S/C9H12IN3/c10-8-4-11-9(13-8)7-3-5-1-2-6(5)12-7/h4-7,12H,1-3H2,(H,11,13)/t5-,6-,7+/m1/s1. The van der Waals surface area contributed by atoms with E-state index in [1.165, 1.54) is 19.3 Å². The maximum absolute atomic E-state index is 4.37. The van der Waals surface area contributed by atoms with Gasteiger partial charge in [0.25, 0.3) is 0 Å². The Bertz CT molecular complexity index is 310. The first kappa shape index (κ1) is 8.23. The van der Waals surface area contributed by atoms with Crippen LogP contribution in [-0.2, 0) is 0 Å². The van der Waals surface area contributed by atoms with E-state index in [4.69, 9.17) is 0 Å². The molecule has 2 aliphatic rings. The predicted molar refractivity (Wildman–Crippen MR) is 58.3 cm³/mol. The van der Waals surface area contributed by atoms with Crippen LogP contribution in [0.4, 0.5) is 0 Å². The van der Waals surface area contributed by atoms with Crippen LogP contribution in [-0.4, -0.2) is 16.0 Å². The number of imidazole rings is 1. The number of aromatic amines is 1. The lowest BCUT2D eigenvalue weighted by atomic mass is 9.80. The van der Waals surface area contributed by atoms with Crippen molar-refractivity contribution < 1.29 is 0 Å². The zero-order valence-electron chi connectivity index (χ0n) is 7.26. The predicted octanol–water partition coefficient (Wildman–Crippen LogP) is 1.83. The Hall–Kier alpha value is -0.100. The minimum Gasteiger partial charge on any atom is -0.336 e. The van der Waals surface area contributed by atoms with E-state index in [9.17, 15) is 0 Å². The molecule has 1 aliphatic heterocycles. The van der Waals surface area contributed by atoms with Crippen molar-refractivity contribution in [2.75, 3.05) is 0 Å². The normalized spacial score (nSPS) is 37.2. The summed E-state index contributed by atoms with van der Waals surface area (Å²) in [5.74, 6) is 2.05. The zero-order chi connectivity index (χ0) is 8.84. The second-order valence-electron chi connectivity index (χ2n) is 4.02. The van der Waals surface area contributed by atoms with Gasteiger partial charge in [-0.3, -0.25) is 0 Å². The summed E-state index contributed by atoms with van der Waals surface area (Å²) in [4.78, 5) is 7.67. The Labute approximate surface area is 90.8 Å². The summed E-state index contributed by atoms with van der Waals surface area (Å²) in [5, 5.41) is 3.62. The molecule has 1 aliphatic carbocycles. The van der Waals surface area contributed by atoms with Crippen molar-refractivity contribution in [2.24, 2.45) is 5.92 Å². The highest BCUT2D eigenvalue weighted by atomic mass is 127. The van der Waals surface area contributed by atoms with Crippen molar-refractivity contribution in [1.82, 2.24) is 15.3 Å². The first-order valence-corrected chi connectivity index (χ1v) is 5.87. The molecule has 1 saturated carbocycles. The molecule has 13 heavy (non-hydrogen) atoms. The van der Waals surface area contributed by atoms with E-state index in [1.807, 2.05) is 6.20 Å². The molecule has 3 rings (SSSR count). The van der Waals surface area contributed by atoms with Crippen LogP contribution in [0.15, 0.2) is 6.20 Å². The lowest BCUT2D eigenvalue weighted by Crippen LogP contribution is -2.35. The number of rotatable bonds is 1. The molecule has 1 aromatic heterocycles. The molecule has 0 amide bonds. The maximum Gasteiger partial charge on any atom is 0.124 e. The number of H-pyrrole nitrogens is 1. The average Bonchev–Trinajstić information content (AvgIpc) is 2.59. The third-order valence-electron chi connectivity index (χ3n) is 3.27. The average molecular weight is 289 g/mol. The van der Waals surface area contributed by atoms with Crippen molar-refractivity contribution >= 4 is 22.6 Å². The third-order valence-corrected chi connectivity index (χ3v) is 3.81. The molecule has 1 aromatic rings. The number of halogens is 1. The van der Waals surface area contributed by atoms with Crippen molar-refractivity contribution in [3.8, 4) is 0 Å². The molecule has 70 valence electrons.